The summed E-state index contributed by atoms with van der Waals surface area (Å²) in [6.45, 7) is 6.96. The molecule has 2 heteroatoms. The van der Waals surface area contributed by atoms with Crippen LogP contribution >= 0.6 is 0 Å². The van der Waals surface area contributed by atoms with Crippen LogP contribution < -0.4 is 0 Å². The van der Waals surface area contributed by atoms with E-state index >= 15 is 0 Å². The Labute approximate surface area is 211 Å². The second-order valence-corrected chi connectivity index (χ2v) is 10.5. The van der Waals surface area contributed by atoms with E-state index in [0.717, 1.165) is 23.7 Å². The zero-order chi connectivity index (χ0) is 24.3. The van der Waals surface area contributed by atoms with Crippen LogP contribution in [0.2, 0.25) is 0 Å². The van der Waals surface area contributed by atoms with Crippen LogP contribution in [0.15, 0.2) is 36.7 Å². The van der Waals surface area contributed by atoms with Crippen LogP contribution in [0.4, 0.5) is 0 Å². The van der Waals surface area contributed by atoms with Crippen molar-refractivity contribution in [3.05, 3.63) is 47.8 Å². The molecule has 2 aromatic rings. The highest BCUT2D eigenvalue weighted by Crippen LogP contribution is 2.18. The Hall–Kier alpha value is -1.70. The lowest BCUT2D eigenvalue weighted by Gasteiger charge is -2.07. The number of hydrogen-bond donors (Lipinski definition) is 0. The predicted octanol–water partition coefficient (Wildman–Crippen LogP) is 10.1. The molecule has 0 fully saturated rings. The summed E-state index contributed by atoms with van der Waals surface area (Å²) in [5, 5.41) is 0. The average Bonchev–Trinajstić information content (AvgIpc) is 2.88. The Balaban J connectivity index is 1.58. The van der Waals surface area contributed by atoms with Gasteiger partial charge in [0.2, 0.25) is 0 Å². The third kappa shape index (κ3) is 12.7. The molecule has 2 nitrogen and oxygen atoms in total. The van der Waals surface area contributed by atoms with E-state index < -0.39 is 0 Å². The molecule has 1 aromatic heterocycles. The minimum absolute atomic E-state index is 0.851. The van der Waals surface area contributed by atoms with E-state index in [0.29, 0.717) is 0 Å². The molecule has 1 unspecified atom stereocenters. The van der Waals surface area contributed by atoms with Gasteiger partial charge in [0.15, 0.2) is 5.82 Å². The summed E-state index contributed by atoms with van der Waals surface area (Å²) in [7, 11) is 0. The van der Waals surface area contributed by atoms with Crippen molar-refractivity contribution in [2.45, 2.75) is 136 Å². The topological polar surface area (TPSA) is 25.8 Å². The lowest BCUT2D eigenvalue weighted by Crippen LogP contribution is -1.94. The van der Waals surface area contributed by atoms with Crippen molar-refractivity contribution in [2.24, 2.45) is 5.92 Å². The molecule has 0 amide bonds. The number of unbranched alkanes of at least 4 members (excludes halogenated alkanes) is 12. The molecule has 0 bridgehead atoms. The lowest BCUT2D eigenvalue weighted by atomic mass is 9.99. The molecule has 0 aliphatic carbocycles. The first kappa shape index (κ1) is 28.5. The molecule has 0 saturated heterocycles. The number of aromatic nitrogens is 2. The normalized spacial score (nSPS) is 12.2. The van der Waals surface area contributed by atoms with Gasteiger partial charge in [0.05, 0.1) is 0 Å². The van der Waals surface area contributed by atoms with Crippen LogP contribution in [0.25, 0.3) is 11.4 Å². The van der Waals surface area contributed by atoms with Gasteiger partial charge < -0.3 is 0 Å². The fourth-order valence-corrected chi connectivity index (χ4v) is 4.65. The van der Waals surface area contributed by atoms with E-state index in [1.807, 2.05) is 12.4 Å². The van der Waals surface area contributed by atoms with Crippen molar-refractivity contribution in [2.75, 3.05) is 0 Å². The second-order valence-electron chi connectivity index (χ2n) is 10.5. The SMILES string of the molecule is CCCCCCCCCCc1ccc(-c2ncc(CCCCCCCCC(C)CC)cn2)cc1. The molecule has 1 atom stereocenters. The first-order chi connectivity index (χ1) is 16.7. The van der Waals surface area contributed by atoms with Gasteiger partial charge in [-0.1, -0.05) is 135 Å². The summed E-state index contributed by atoms with van der Waals surface area (Å²) in [5.74, 6) is 1.75. The van der Waals surface area contributed by atoms with Crippen LogP contribution in [-0.2, 0) is 12.8 Å². The molecule has 0 spiro atoms. The molecule has 34 heavy (non-hydrogen) atoms. The largest absolute Gasteiger partial charge is 0.236 e. The number of rotatable bonds is 20. The summed E-state index contributed by atoms with van der Waals surface area (Å²) >= 11 is 0. The fourth-order valence-electron chi connectivity index (χ4n) is 4.65. The van der Waals surface area contributed by atoms with E-state index in [2.05, 4.69) is 55.0 Å². The van der Waals surface area contributed by atoms with Crippen LogP contribution in [0.5, 0.6) is 0 Å². The molecule has 0 aliphatic rings. The van der Waals surface area contributed by atoms with Gasteiger partial charge >= 0.3 is 0 Å². The molecular formula is C32H52N2. The van der Waals surface area contributed by atoms with Crippen molar-refractivity contribution in [1.29, 1.82) is 0 Å². The Morgan fingerprint density at radius 1 is 0.588 bits per heavy atom. The minimum atomic E-state index is 0.851. The molecular weight excluding hydrogens is 412 g/mol. The van der Waals surface area contributed by atoms with E-state index in [1.165, 1.54) is 120 Å². The summed E-state index contributed by atoms with van der Waals surface area (Å²) < 4.78 is 0. The highest BCUT2D eigenvalue weighted by molar-refractivity contribution is 5.55. The van der Waals surface area contributed by atoms with Crippen molar-refractivity contribution in [3.63, 3.8) is 0 Å². The Morgan fingerprint density at radius 2 is 1.09 bits per heavy atom. The first-order valence-electron chi connectivity index (χ1n) is 14.6. The van der Waals surface area contributed by atoms with Crippen LogP contribution in [0.1, 0.15) is 135 Å². The van der Waals surface area contributed by atoms with E-state index in [4.69, 9.17) is 0 Å². The van der Waals surface area contributed by atoms with E-state index in [1.54, 1.807) is 0 Å². The average molecular weight is 465 g/mol. The van der Waals surface area contributed by atoms with Crippen LogP contribution in [-0.4, -0.2) is 9.97 Å². The number of aryl methyl sites for hydroxylation is 2. The molecule has 0 saturated carbocycles. The molecule has 190 valence electrons. The number of benzene rings is 1. The zero-order valence-electron chi connectivity index (χ0n) is 22.7. The predicted molar refractivity (Wildman–Crippen MR) is 149 cm³/mol. The van der Waals surface area contributed by atoms with Gasteiger partial charge in [-0.2, -0.15) is 0 Å². The molecule has 2 rings (SSSR count). The van der Waals surface area contributed by atoms with Gasteiger partial charge in [-0.05, 0) is 42.7 Å². The van der Waals surface area contributed by atoms with Crippen molar-refractivity contribution in [1.82, 2.24) is 9.97 Å². The monoisotopic (exact) mass is 464 g/mol. The quantitative estimate of drug-likeness (QED) is 0.182. The standard InChI is InChI=1S/C32H52N2/c1-4-6-7-8-9-10-14-17-20-29-22-24-31(25-23-29)32-33-26-30(27-34-32)21-18-15-12-11-13-16-19-28(3)5-2/h22-28H,4-21H2,1-3H3. The number of nitrogens with zero attached hydrogens (tertiary/aromatic N) is 2. The lowest BCUT2D eigenvalue weighted by molar-refractivity contribution is 0.471. The Morgan fingerprint density at radius 3 is 1.65 bits per heavy atom. The van der Waals surface area contributed by atoms with Gasteiger partial charge in [-0.25, -0.2) is 9.97 Å². The van der Waals surface area contributed by atoms with Crippen molar-refractivity contribution in [3.8, 4) is 11.4 Å². The Bertz CT molecular complexity index is 720. The summed E-state index contributed by atoms with van der Waals surface area (Å²) in [6, 6.07) is 8.90. The Kier molecular flexibility index (Phi) is 15.6. The molecule has 0 aliphatic heterocycles. The van der Waals surface area contributed by atoms with Gasteiger partial charge in [-0.15, -0.1) is 0 Å². The third-order valence-electron chi connectivity index (χ3n) is 7.35. The van der Waals surface area contributed by atoms with E-state index in [9.17, 15) is 0 Å². The third-order valence-corrected chi connectivity index (χ3v) is 7.35. The number of hydrogen-bond acceptors (Lipinski definition) is 2. The van der Waals surface area contributed by atoms with Crippen molar-refractivity contribution < 1.29 is 0 Å². The second kappa shape index (κ2) is 18.6. The maximum Gasteiger partial charge on any atom is 0.159 e. The molecule has 1 heterocycles. The summed E-state index contributed by atoms with van der Waals surface area (Å²) in [6.07, 6.45) is 28.2. The first-order valence-corrected chi connectivity index (χ1v) is 14.6. The maximum atomic E-state index is 4.65. The smallest absolute Gasteiger partial charge is 0.159 e. The van der Waals surface area contributed by atoms with Crippen molar-refractivity contribution >= 4 is 0 Å². The fraction of sp³-hybridized carbons (Fsp3) is 0.688. The molecule has 0 radical (unpaired) electrons. The van der Waals surface area contributed by atoms with Gasteiger partial charge in [0, 0.05) is 18.0 Å². The van der Waals surface area contributed by atoms with Gasteiger partial charge in [-0.3, -0.25) is 0 Å². The maximum absolute atomic E-state index is 4.65. The van der Waals surface area contributed by atoms with Crippen LogP contribution in [0, 0.1) is 5.92 Å². The summed E-state index contributed by atoms with van der Waals surface area (Å²) in [5.41, 5.74) is 3.83. The summed E-state index contributed by atoms with van der Waals surface area (Å²) in [4.78, 5) is 9.30. The highest BCUT2D eigenvalue weighted by atomic mass is 14.9. The van der Waals surface area contributed by atoms with Gasteiger partial charge in [0.25, 0.3) is 0 Å². The van der Waals surface area contributed by atoms with E-state index in [-0.39, 0.29) is 0 Å². The molecule has 0 N–H and O–H groups in total. The zero-order valence-corrected chi connectivity index (χ0v) is 22.7. The highest BCUT2D eigenvalue weighted by Gasteiger charge is 2.03. The minimum Gasteiger partial charge on any atom is -0.236 e. The van der Waals surface area contributed by atoms with Gasteiger partial charge in [0.1, 0.15) is 0 Å². The molecule has 1 aromatic carbocycles. The van der Waals surface area contributed by atoms with Crippen LogP contribution in [0.3, 0.4) is 0 Å².